The average Bonchev–Trinajstić information content (AvgIpc) is 3.01. The lowest BCUT2D eigenvalue weighted by molar-refractivity contribution is -0.137. The normalized spacial score (nSPS) is 12.0. The van der Waals surface area contributed by atoms with E-state index in [4.69, 9.17) is 4.42 Å². The summed E-state index contributed by atoms with van der Waals surface area (Å²) in [7, 11) is 1.82. The maximum absolute atomic E-state index is 12.8. The summed E-state index contributed by atoms with van der Waals surface area (Å²) in [5.74, 6) is 0. The molecule has 0 saturated heterocycles. The van der Waals surface area contributed by atoms with E-state index < -0.39 is 11.7 Å². The second-order valence-electron chi connectivity index (χ2n) is 6.31. The molecule has 4 rings (SSSR count). The van der Waals surface area contributed by atoms with Crippen LogP contribution in [0.25, 0.3) is 21.9 Å². The number of rotatable bonds is 2. The second-order valence-corrected chi connectivity index (χ2v) is 6.31. The van der Waals surface area contributed by atoms with Crippen LogP contribution in [-0.2, 0) is 6.18 Å². The number of halogens is 3. The summed E-state index contributed by atoms with van der Waals surface area (Å²) in [5.41, 5.74) is 3.39. The Bertz CT molecular complexity index is 1090. The van der Waals surface area contributed by atoms with Crippen molar-refractivity contribution in [1.29, 1.82) is 0 Å². The molecule has 0 atom stereocenters. The van der Waals surface area contributed by atoms with Crippen molar-refractivity contribution in [2.24, 2.45) is 0 Å². The number of aryl methyl sites for hydroxylation is 1. The van der Waals surface area contributed by atoms with Crippen LogP contribution in [0.5, 0.6) is 0 Å². The molecule has 0 N–H and O–H groups in total. The van der Waals surface area contributed by atoms with Gasteiger partial charge in [-0.15, -0.1) is 0 Å². The van der Waals surface area contributed by atoms with Gasteiger partial charge in [-0.25, -0.2) is 0 Å². The molecule has 4 aromatic rings. The first-order valence-corrected chi connectivity index (χ1v) is 8.18. The highest BCUT2D eigenvalue weighted by Crippen LogP contribution is 2.38. The Morgan fingerprint density at radius 3 is 2.08 bits per heavy atom. The van der Waals surface area contributed by atoms with Crippen LogP contribution >= 0.6 is 0 Å². The number of hydrogen-bond donors (Lipinski definition) is 0. The quantitative estimate of drug-likeness (QED) is 0.399. The number of para-hydroxylation sites is 2. The van der Waals surface area contributed by atoms with Crippen molar-refractivity contribution >= 4 is 33.3 Å². The molecule has 0 amide bonds. The zero-order valence-electron chi connectivity index (χ0n) is 14.3. The summed E-state index contributed by atoms with van der Waals surface area (Å²) in [6.07, 6.45) is -4.34. The summed E-state index contributed by atoms with van der Waals surface area (Å²) in [4.78, 5) is 1.83. The van der Waals surface area contributed by atoms with E-state index in [1.807, 2.05) is 55.3 Å². The Labute approximate surface area is 148 Å². The molecule has 1 heterocycles. The van der Waals surface area contributed by atoms with Gasteiger partial charge in [0.2, 0.25) is 0 Å². The van der Waals surface area contributed by atoms with Gasteiger partial charge in [-0.1, -0.05) is 30.3 Å². The molecule has 0 aliphatic rings. The number of anilines is 2. The third-order valence-corrected chi connectivity index (χ3v) is 4.64. The van der Waals surface area contributed by atoms with Gasteiger partial charge >= 0.3 is 6.18 Å². The van der Waals surface area contributed by atoms with E-state index in [9.17, 15) is 13.2 Å². The smallest absolute Gasteiger partial charge is 0.416 e. The van der Waals surface area contributed by atoms with Crippen molar-refractivity contribution < 1.29 is 17.6 Å². The summed E-state index contributed by atoms with van der Waals surface area (Å²) in [6.45, 7) is 1.99. The van der Waals surface area contributed by atoms with Crippen molar-refractivity contribution in [3.05, 3.63) is 71.8 Å². The minimum atomic E-state index is -4.34. The van der Waals surface area contributed by atoms with Gasteiger partial charge < -0.3 is 9.32 Å². The van der Waals surface area contributed by atoms with Crippen LogP contribution in [0.4, 0.5) is 24.5 Å². The number of benzene rings is 3. The fraction of sp³-hybridized carbons (Fsp3) is 0.143. The monoisotopic (exact) mass is 355 g/mol. The molecule has 26 heavy (non-hydrogen) atoms. The Hall–Kier alpha value is -2.95. The van der Waals surface area contributed by atoms with Crippen LogP contribution in [0.3, 0.4) is 0 Å². The lowest BCUT2D eigenvalue weighted by atomic mass is 10.1. The first-order chi connectivity index (χ1) is 12.4. The number of hydrogen-bond acceptors (Lipinski definition) is 2. The highest BCUT2D eigenvalue weighted by molar-refractivity contribution is 6.10. The molecule has 5 heteroatoms. The average molecular weight is 355 g/mol. The van der Waals surface area contributed by atoms with Crippen molar-refractivity contribution in [3.8, 4) is 0 Å². The van der Waals surface area contributed by atoms with Crippen LogP contribution in [0.2, 0.25) is 0 Å². The van der Waals surface area contributed by atoms with Crippen LogP contribution in [-0.4, -0.2) is 7.05 Å². The van der Waals surface area contributed by atoms with E-state index >= 15 is 0 Å². The van der Waals surface area contributed by atoms with E-state index in [2.05, 4.69) is 0 Å². The SMILES string of the molecule is Cc1cccc2c1oc1c(N(C)c3ccc(C(F)(F)F)cc3)cccc12. The van der Waals surface area contributed by atoms with Crippen LogP contribution in [0, 0.1) is 6.92 Å². The van der Waals surface area contributed by atoms with Crippen LogP contribution in [0.15, 0.2) is 65.1 Å². The highest BCUT2D eigenvalue weighted by atomic mass is 19.4. The first kappa shape index (κ1) is 16.5. The van der Waals surface area contributed by atoms with E-state index in [1.165, 1.54) is 12.1 Å². The lowest BCUT2D eigenvalue weighted by Crippen LogP contribution is -2.10. The van der Waals surface area contributed by atoms with E-state index in [-0.39, 0.29) is 0 Å². The van der Waals surface area contributed by atoms with Crippen LogP contribution in [0.1, 0.15) is 11.1 Å². The molecule has 132 valence electrons. The predicted octanol–water partition coefficient (Wildman–Crippen LogP) is 6.68. The van der Waals surface area contributed by atoms with Gasteiger partial charge in [0.05, 0.1) is 11.3 Å². The van der Waals surface area contributed by atoms with Crippen molar-refractivity contribution in [1.82, 2.24) is 0 Å². The van der Waals surface area contributed by atoms with E-state index in [0.29, 0.717) is 5.69 Å². The number of furan rings is 1. The Balaban J connectivity index is 1.83. The number of fused-ring (bicyclic) bond motifs is 3. The maximum Gasteiger partial charge on any atom is 0.416 e. The first-order valence-electron chi connectivity index (χ1n) is 8.18. The van der Waals surface area contributed by atoms with Crippen molar-refractivity contribution in [2.45, 2.75) is 13.1 Å². The van der Waals surface area contributed by atoms with E-state index in [1.54, 1.807) is 0 Å². The molecule has 3 aromatic carbocycles. The van der Waals surface area contributed by atoms with Crippen molar-refractivity contribution in [2.75, 3.05) is 11.9 Å². The molecular weight excluding hydrogens is 339 g/mol. The van der Waals surface area contributed by atoms with Gasteiger partial charge in [-0.3, -0.25) is 0 Å². The lowest BCUT2D eigenvalue weighted by Gasteiger charge is -2.20. The highest BCUT2D eigenvalue weighted by Gasteiger charge is 2.30. The maximum atomic E-state index is 12.8. The van der Waals surface area contributed by atoms with Crippen molar-refractivity contribution in [3.63, 3.8) is 0 Å². The molecule has 0 aliphatic carbocycles. The summed E-state index contributed by atoms with van der Waals surface area (Å²) >= 11 is 0. The molecule has 1 aromatic heterocycles. The fourth-order valence-corrected chi connectivity index (χ4v) is 3.22. The zero-order chi connectivity index (χ0) is 18.5. The third-order valence-electron chi connectivity index (χ3n) is 4.64. The van der Waals surface area contributed by atoms with Crippen LogP contribution < -0.4 is 4.90 Å². The molecular formula is C21H16F3NO. The van der Waals surface area contributed by atoms with Gasteiger partial charge in [-0.2, -0.15) is 13.2 Å². The zero-order valence-corrected chi connectivity index (χ0v) is 14.3. The minimum Gasteiger partial charge on any atom is -0.454 e. The number of alkyl halides is 3. The van der Waals surface area contributed by atoms with Gasteiger partial charge in [0.15, 0.2) is 5.58 Å². The minimum absolute atomic E-state index is 0.655. The number of nitrogens with zero attached hydrogens (tertiary/aromatic N) is 1. The molecule has 0 bridgehead atoms. The predicted molar refractivity (Wildman–Crippen MR) is 98.0 cm³/mol. The molecule has 0 aliphatic heterocycles. The summed E-state index contributed by atoms with van der Waals surface area (Å²) in [5, 5.41) is 2.02. The van der Waals surface area contributed by atoms with Gasteiger partial charge in [0, 0.05) is 23.5 Å². The topological polar surface area (TPSA) is 16.4 Å². The Morgan fingerprint density at radius 2 is 1.42 bits per heavy atom. The van der Waals surface area contributed by atoms with Gasteiger partial charge in [0.1, 0.15) is 5.58 Å². The molecule has 2 nitrogen and oxygen atoms in total. The molecule has 0 unspecified atom stereocenters. The second kappa shape index (κ2) is 5.80. The Kier molecular flexibility index (Phi) is 3.68. The molecule has 0 saturated carbocycles. The largest absolute Gasteiger partial charge is 0.454 e. The third kappa shape index (κ3) is 2.60. The molecule has 0 spiro atoms. The fourth-order valence-electron chi connectivity index (χ4n) is 3.22. The Morgan fingerprint density at radius 1 is 0.808 bits per heavy atom. The molecule has 0 radical (unpaired) electrons. The summed E-state index contributed by atoms with van der Waals surface area (Å²) in [6, 6.07) is 16.9. The summed E-state index contributed by atoms with van der Waals surface area (Å²) < 4.78 is 44.5. The molecule has 0 fully saturated rings. The van der Waals surface area contributed by atoms with Gasteiger partial charge in [-0.05, 0) is 42.8 Å². The van der Waals surface area contributed by atoms with E-state index in [0.717, 1.165) is 45.3 Å². The van der Waals surface area contributed by atoms with Gasteiger partial charge in [0.25, 0.3) is 0 Å². The standard InChI is InChI=1S/C21H16F3NO/c1-13-5-3-6-16-17-7-4-8-18(20(17)26-19(13)16)25(2)15-11-9-14(10-12-15)21(22,23)24/h3-12H,1-2H3.